The lowest BCUT2D eigenvalue weighted by molar-refractivity contribution is 0.102. The average Bonchev–Trinajstić information content (AvgIpc) is 3.28. The summed E-state index contributed by atoms with van der Waals surface area (Å²) in [6.45, 7) is 2.58. The van der Waals surface area contributed by atoms with Gasteiger partial charge in [-0.05, 0) is 60.2 Å². The van der Waals surface area contributed by atoms with Crippen LogP contribution in [-0.4, -0.2) is 30.5 Å². The van der Waals surface area contributed by atoms with Crippen LogP contribution < -0.4 is 15.5 Å². The number of nitrogens with zero attached hydrogens (tertiary/aromatic N) is 2. The smallest absolute Gasteiger partial charge is 0.255 e. The lowest BCUT2D eigenvalue weighted by Crippen LogP contribution is -2.46. The van der Waals surface area contributed by atoms with E-state index in [1.807, 2.05) is 18.2 Å². The molecule has 2 aliphatic rings. The summed E-state index contributed by atoms with van der Waals surface area (Å²) in [6.07, 6.45) is 5.18. The number of carbonyl (C=O) groups is 1. The van der Waals surface area contributed by atoms with Crippen molar-refractivity contribution >= 4 is 17.4 Å². The molecule has 1 fully saturated rings. The van der Waals surface area contributed by atoms with Crippen LogP contribution in [0.5, 0.6) is 0 Å². The van der Waals surface area contributed by atoms with Gasteiger partial charge in [0, 0.05) is 43.1 Å². The minimum atomic E-state index is -0.0914. The minimum absolute atomic E-state index is 0.0914. The number of anilines is 2. The van der Waals surface area contributed by atoms with Gasteiger partial charge in [-0.15, -0.1) is 0 Å². The molecule has 1 aliphatic carbocycles. The molecular formula is C25H26N4O. The van der Waals surface area contributed by atoms with E-state index in [4.69, 9.17) is 0 Å². The number of pyridine rings is 1. The zero-order valence-electron chi connectivity index (χ0n) is 17.0. The van der Waals surface area contributed by atoms with Gasteiger partial charge in [-0.2, -0.15) is 0 Å². The fourth-order valence-electron chi connectivity index (χ4n) is 4.45. The highest BCUT2D eigenvalue weighted by molar-refractivity contribution is 6.04. The molecule has 2 aromatic carbocycles. The summed E-state index contributed by atoms with van der Waals surface area (Å²) in [7, 11) is 0. The molecule has 1 atom stereocenters. The predicted octanol–water partition coefficient (Wildman–Crippen LogP) is 3.97. The third-order valence-electron chi connectivity index (χ3n) is 6.07. The van der Waals surface area contributed by atoms with Gasteiger partial charge >= 0.3 is 0 Å². The Morgan fingerprint density at radius 3 is 2.80 bits per heavy atom. The number of nitrogens with one attached hydrogen (secondary N) is 2. The third-order valence-corrected chi connectivity index (χ3v) is 6.07. The number of aromatic nitrogens is 1. The number of aryl methyl sites for hydroxylation is 2. The summed E-state index contributed by atoms with van der Waals surface area (Å²) in [5.74, 6) is 0.755. The van der Waals surface area contributed by atoms with Crippen molar-refractivity contribution in [2.45, 2.75) is 25.3 Å². The maximum atomic E-state index is 12.9. The van der Waals surface area contributed by atoms with Gasteiger partial charge in [0.15, 0.2) is 0 Å². The predicted molar refractivity (Wildman–Crippen MR) is 120 cm³/mol. The Bertz CT molecular complexity index is 1050. The first-order chi connectivity index (χ1) is 14.8. The van der Waals surface area contributed by atoms with E-state index < -0.39 is 0 Å². The normalized spacial score (nSPS) is 18.1. The number of benzene rings is 2. The fourth-order valence-corrected chi connectivity index (χ4v) is 4.45. The maximum absolute atomic E-state index is 12.9. The van der Waals surface area contributed by atoms with Gasteiger partial charge in [-0.25, -0.2) is 4.98 Å². The van der Waals surface area contributed by atoms with E-state index in [0.717, 1.165) is 44.0 Å². The van der Waals surface area contributed by atoms with Crippen molar-refractivity contribution in [1.82, 2.24) is 10.3 Å². The van der Waals surface area contributed by atoms with E-state index in [1.54, 1.807) is 12.3 Å². The number of hydrogen-bond acceptors (Lipinski definition) is 4. The lowest BCUT2D eigenvalue weighted by atomic mass is 10.0. The molecule has 0 unspecified atom stereocenters. The van der Waals surface area contributed by atoms with Crippen molar-refractivity contribution in [3.05, 3.63) is 89.1 Å². The molecule has 2 heterocycles. The molecule has 1 aromatic heterocycles. The van der Waals surface area contributed by atoms with Crippen molar-refractivity contribution in [3.63, 3.8) is 0 Å². The first-order valence-electron chi connectivity index (χ1n) is 10.7. The number of carbonyl (C=O) groups excluding carboxylic acids is 1. The van der Waals surface area contributed by atoms with Crippen LogP contribution in [-0.2, 0) is 12.8 Å². The second-order valence-corrected chi connectivity index (χ2v) is 8.06. The van der Waals surface area contributed by atoms with Gasteiger partial charge in [0.2, 0.25) is 0 Å². The van der Waals surface area contributed by atoms with Crippen molar-refractivity contribution in [1.29, 1.82) is 0 Å². The van der Waals surface area contributed by atoms with Crippen LogP contribution in [0.4, 0.5) is 11.5 Å². The largest absolute Gasteiger partial charge is 0.353 e. The summed E-state index contributed by atoms with van der Waals surface area (Å²) >= 11 is 0. The van der Waals surface area contributed by atoms with Crippen molar-refractivity contribution in [2.75, 3.05) is 29.9 Å². The topological polar surface area (TPSA) is 57.3 Å². The molecular weight excluding hydrogens is 372 g/mol. The molecule has 1 saturated heterocycles. The van der Waals surface area contributed by atoms with E-state index >= 15 is 0 Å². The molecule has 1 aliphatic heterocycles. The number of amides is 1. The van der Waals surface area contributed by atoms with Crippen molar-refractivity contribution in [3.8, 4) is 0 Å². The molecule has 0 spiro atoms. The maximum Gasteiger partial charge on any atom is 0.255 e. The van der Waals surface area contributed by atoms with Gasteiger partial charge < -0.3 is 15.5 Å². The monoisotopic (exact) mass is 398 g/mol. The number of piperazine rings is 1. The Kier molecular flexibility index (Phi) is 5.20. The van der Waals surface area contributed by atoms with Crippen molar-refractivity contribution in [2.24, 2.45) is 0 Å². The van der Waals surface area contributed by atoms with Gasteiger partial charge in [-0.3, -0.25) is 4.79 Å². The zero-order valence-corrected chi connectivity index (χ0v) is 17.0. The first kappa shape index (κ1) is 18.8. The number of hydrogen-bond donors (Lipinski definition) is 2. The molecule has 0 saturated carbocycles. The van der Waals surface area contributed by atoms with Crippen LogP contribution in [0.1, 0.15) is 39.5 Å². The summed E-state index contributed by atoms with van der Waals surface area (Å²) in [6, 6.07) is 20.7. The standard InChI is InChI=1S/C25H26N4O/c30-25(28-22-10-9-18-7-4-8-20(18)15-22)21-11-12-27-24(16-21)29-14-13-26-23(17-29)19-5-2-1-3-6-19/h1-3,5-6,9-12,15-16,23,26H,4,7-8,13-14,17H2,(H,28,30)/t23-/m0/s1. The average molecular weight is 399 g/mol. The van der Waals surface area contributed by atoms with Crippen LogP contribution in [0.15, 0.2) is 66.9 Å². The Hall–Kier alpha value is -3.18. The van der Waals surface area contributed by atoms with Gasteiger partial charge in [0.1, 0.15) is 5.82 Å². The van der Waals surface area contributed by atoms with Gasteiger partial charge in [0.25, 0.3) is 5.91 Å². The molecule has 152 valence electrons. The molecule has 5 nitrogen and oxygen atoms in total. The van der Waals surface area contributed by atoms with Crippen molar-refractivity contribution < 1.29 is 4.79 Å². The van der Waals surface area contributed by atoms with E-state index in [1.165, 1.54) is 23.1 Å². The van der Waals surface area contributed by atoms with E-state index in [2.05, 4.69) is 56.9 Å². The Morgan fingerprint density at radius 2 is 1.90 bits per heavy atom. The molecule has 2 N–H and O–H groups in total. The highest BCUT2D eigenvalue weighted by Gasteiger charge is 2.22. The van der Waals surface area contributed by atoms with Crippen LogP contribution in [0.2, 0.25) is 0 Å². The Labute approximate surface area is 177 Å². The second kappa shape index (κ2) is 8.28. The molecule has 1 amide bonds. The van der Waals surface area contributed by atoms with Crippen LogP contribution in [0, 0.1) is 0 Å². The highest BCUT2D eigenvalue weighted by Crippen LogP contribution is 2.26. The van der Waals surface area contributed by atoms with E-state index in [0.29, 0.717) is 5.56 Å². The molecule has 0 bridgehead atoms. The first-order valence-corrected chi connectivity index (χ1v) is 10.7. The summed E-state index contributed by atoms with van der Waals surface area (Å²) in [5.41, 5.74) is 5.54. The van der Waals surface area contributed by atoms with Crippen LogP contribution >= 0.6 is 0 Å². The number of rotatable bonds is 4. The quantitative estimate of drug-likeness (QED) is 0.698. The zero-order chi connectivity index (χ0) is 20.3. The summed E-state index contributed by atoms with van der Waals surface area (Å²) in [4.78, 5) is 19.7. The number of fused-ring (bicyclic) bond motifs is 1. The molecule has 3 aromatic rings. The van der Waals surface area contributed by atoms with E-state index in [-0.39, 0.29) is 11.9 Å². The second-order valence-electron chi connectivity index (χ2n) is 8.06. The molecule has 30 heavy (non-hydrogen) atoms. The highest BCUT2D eigenvalue weighted by atomic mass is 16.1. The minimum Gasteiger partial charge on any atom is -0.353 e. The van der Waals surface area contributed by atoms with Crippen LogP contribution in [0.3, 0.4) is 0 Å². The molecule has 5 heteroatoms. The van der Waals surface area contributed by atoms with Gasteiger partial charge in [0.05, 0.1) is 0 Å². The SMILES string of the molecule is O=C(Nc1ccc2c(c1)CCC2)c1ccnc(N2CCN[C@H](c3ccccc3)C2)c1. The fraction of sp³-hybridized carbons (Fsp3) is 0.280. The van der Waals surface area contributed by atoms with E-state index in [9.17, 15) is 4.79 Å². The summed E-state index contributed by atoms with van der Waals surface area (Å²) in [5, 5.41) is 6.63. The Balaban J connectivity index is 1.30. The third kappa shape index (κ3) is 3.94. The van der Waals surface area contributed by atoms with Gasteiger partial charge in [-0.1, -0.05) is 36.4 Å². The Morgan fingerprint density at radius 1 is 1.03 bits per heavy atom. The molecule has 5 rings (SSSR count). The lowest BCUT2D eigenvalue weighted by Gasteiger charge is -2.34. The van der Waals surface area contributed by atoms with Crippen LogP contribution in [0.25, 0.3) is 0 Å². The molecule has 0 radical (unpaired) electrons. The summed E-state index contributed by atoms with van der Waals surface area (Å²) < 4.78 is 0.